The number of amides is 3. The van der Waals surface area contributed by atoms with Crippen LogP contribution >= 0.6 is 0 Å². The van der Waals surface area contributed by atoms with Gasteiger partial charge in [-0.25, -0.2) is 4.79 Å². The zero-order valence-electron chi connectivity index (χ0n) is 13.3. The van der Waals surface area contributed by atoms with E-state index in [9.17, 15) is 9.59 Å². The second-order valence-electron chi connectivity index (χ2n) is 5.61. The molecule has 1 heterocycles. The zero-order valence-corrected chi connectivity index (χ0v) is 13.3. The molecule has 3 N–H and O–H groups in total. The second kappa shape index (κ2) is 8.03. The van der Waals surface area contributed by atoms with Gasteiger partial charge in [-0.05, 0) is 36.6 Å². The topological polar surface area (TPSA) is 83.4 Å². The lowest BCUT2D eigenvalue weighted by Gasteiger charge is -2.10. The molecule has 0 aliphatic heterocycles. The fourth-order valence-corrected chi connectivity index (χ4v) is 1.92. The van der Waals surface area contributed by atoms with E-state index in [0.29, 0.717) is 29.4 Å². The van der Waals surface area contributed by atoms with Crippen molar-refractivity contribution >= 4 is 23.3 Å². The number of anilines is 2. The Morgan fingerprint density at radius 1 is 1.13 bits per heavy atom. The van der Waals surface area contributed by atoms with Crippen LogP contribution in [0, 0.1) is 5.92 Å². The minimum absolute atomic E-state index is 0.260. The van der Waals surface area contributed by atoms with Gasteiger partial charge in [0.25, 0.3) is 5.91 Å². The molecular formula is C17H21N3O3. The highest BCUT2D eigenvalue weighted by molar-refractivity contribution is 6.04. The van der Waals surface area contributed by atoms with E-state index in [0.717, 1.165) is 6.42 Å². The summed E-state index contributed by atoms with van der Waals surface area (Å²) in [6.07, 6.45) is 3.74. The summed E-state index contributed by atoms with van der Waals surface area (Å²) in [5.74, 6) is 0.272. The van der Waals surface area contributed by atoms with Gasteiger partial charge in [0.2, 0.25) is 0 Å². The average molecular weight is 315 g/mol. The Labute approximate surface area is 135 Å². The third-order valence-electron chi connectivity index (χ3n) is 3.17. The maximum atomic E-state index is 11.9. The Balaban J connectivity index is 1.89. The van der Waals surface area contributed by atoms with Gasteiger partial charge in [-0.2, -0.15) is 0 Å². The first-order valence-electron chi connectivity index (χ1n) is 7.53. The van der Waals surface area contributed by atoms with Crippen LogP contribution in [0.25, 0.3) is 0 Å². The summed E-state index contributed by atoms with van der Waals surface area (Å²) in [7, 11) is 0. The Kier molecular flexibility index (Phi) is 5.80. The lowest BCUT2D eigenvalue weighted by molar-refractivity contribution is 0.102. The van der Waals surface area contributed by atoms with Gasteiger partial charge < -0.3 is 20.4 Å². The van der Waals surface area contributed by atoms with Gasteiger partial charge in [-0.3, -0.25) is 4.79 Å². The molecule has 0 saturated carbocycles. The molecule has 2 aromatic rings. The van der Waals surface area contributed by atoms with Crippen LogP contribution in [-0.4, -0.2) is 18.5 Å². The summed E-state index contributed by atoms with van der Waals surface area (Å²) < 4.78 is 4.88. The van der Waals surface area contributed by atoms with Gasteiger partial charge in [0, 0.05) is 17.9 Å². The predicted molar refractivity (Wildman–Crippen MR) is 89.6 cm³/mol. The van der Waals surface area contributed by atoms with Gasteiger partial charge in [-0.15, -0.1) is 0 Å². The Morgan fingerprint density at radius 2 is 1.87 bits per heavy atom. The molecule has 0 fully saturated rings. The number of urea groups is 1. The molecule has 2 rings (SSSR count). The fourth-order valence-electron chi connectivity index (χ4n) is 1.92. The zero-order chi connectivity index (χ0) is 16.7. The van der Waals surface area contributed by atoms with Crippen molar-refractivity contribution < 1.29 is 14.0 Å². The number of nitrogens with one attached hydrogen (secondary N) is 3. The summed E-state index contributed by atoms with van der Waals surface area (Å²) >= 11 is 0. The molecule has 6 nitrogen and oxygen atoms in total. The lowest BCUT2D eigenvalue weighted by Crippen LogP contribution is -2.30. The first-order chi connectivity index (χ1) is 11.0. The quantitative estimate of drug-likeness (QED) is 0.760. The third-order valence-corrected chi connectivity index (χ3v) is 3.17. The molecule has 0 bridgehead atoms. The van der Waals surface area contributed by atoms with Gasteiger partial charge in [-0.1, -0.05) is 19.9 Å². The smallest absolute Gasteiger partial charge is 0.319 e. The number of carbonyl (C=O) groups is 2. The first-order valence-corrected chi connectivity index (χ1v) is 7.53. The van der Waals surface area contributed by atoms with Crippen LogP contribution in [0.1, 0.15) is 30.6 Å². The molecule has 6 heteroatoms. The molecule has 1 aromatic carbocycles. The molecule has 0 radical (unpaired) electrons. The summed E-state index contributed by atoms with van der Waals surface area (Å²) in [5.41, 5.74) is 1.64. The van der Waals surface area contributed by atoms with Crippen molar-refractivity contribution in [3.8, 4) is 0 Å². The van der Waals surface area contributed by atoms with Gasteiger partial charge in [0.15, 0.2) is 0 Å². The van der Waals surface area contributed by atoms with Crippen LogP contribution in [0.4, 0.5) is 16.2 Å². The number of hydrogen-bond acceptors (Lipinski definition) is 3. The average Bonchev–Trinajstić information content (AvgIpc) is 3.01. The van der Waals surface area contributed by atoms with Crippen LogP contribution in [0.3, 0.4) is 0 Å². The fraction of sp³-hybridized carbons (Fsp3) is 0.294. The van der Waals surface area contributed by atoms with Crippen LogP contribution < -0.4 is 16.0 Å². The molecule has 1 aromatic heterocycles. The molecule has 122 valence electrons. The van der Waals surface area contributed by atoms with Crippen molar-refractivity contribution in [1.29, 1.82) is 0 Å². The molecule has 0 saturated heterocycles. The molecule has 0 aliphatic rings. The number of carbonyl (C=O) groups excluding carboxylic acids is 2. The van der Waals surface area contributed by atoms with Crippen LogP contribution in [-0.2, 0) is 0 Å². The van der Waals surface area contributed by atoms with Crippen molar-refractivity contribution in [1.82, 2.24) is 5.32 Å². The van der Waals surface area contributed by atoms with E-state index in [1.807, 2.05) is 0 Å². The van der Waals surface area contributed by atoms with Crippen molar-refractivity contribution in [3.05, 3.63) is 48.4 Å². The number of hydrogen-bond donors (Lipinski definition) is 3. The summed E-state index contributed by atoms with van der Waals surface area (Å²) in [6.45, 7) is 4.83. The van der Waals surface area contributed by atoms with E-state index in [1.54, 1.807) is 30.3 Å². The second-order valence-corrected chi connectivity index (χ2v) is 5.61. The molecule has 0 atom stereocenters. The molecule has 0 aliphatic carbocycles. The van der Waals surface area contributed by atoms with Crippen molar-refractivity contribution in [2.75, 3.05) is 17.2 Å². The van der Waals surface area contributed by atoms with Gasteiger partial charge >= 0.3 is 6.03 Å². The van der Waals surface area contributed by atoms with E-state index in [4.69, 9.17) is 4.42 Å². The maximum absolute atomic E-state index is 11.9. The first kappa shape index (κ1) is 16.6. The highest BCUT2D eigenvalue weighted by Crippen LogP contribution is 2.16. The highest BCUT2D eigenvalue weighted by atomic mass is 16.3. The van der Waals surface area contributed by atoms with E-state index in [1.165, 1.54) is 12.5 Å². The highest BCUT2D eigenvalue weighted by Gasteiger charge is 2.08. The van der Waals surface area contributed by atoms with Crippen molar-refractivity contribution in [2.45, 2.75) is 20.3 Å². The Bertz CT molecular complexity index is 651. The van der Waals surface area contributed by atoms with Crippen LogP contribution in [0.2, 0.25) is 0 Å². The number of furan rings is 1. The SMILES string of the molecule is CC(C)CCNC(=O)Nc1cccc(NC(=O)c2ccoc2)c1. The standard InChI is InChI=1S/C17H21N3O3/c1-12(2)6-8-18-17(22)20-15-5-3-4-14(10-15)19-16(21)13-7-9-23-11-13/h3-5,7,9-12H,6,8H2,1-2H3,(H,19,21)(H2,18,20,22). The van der Waals surface area contributed by atoms with Gasteiger partial charge in [0.1, 0.15) is 6.26 Å². The van der Waals surface area contributed by atoms with E-state index in [-0.39, 0.29) is 11.9 Å². The normalized spacial score (nSPS) is 10.4. The monoisotopic (exact) mass is 315 g/mol. The lowest BCUT2D eigenvalue weighted by atomic mass is 10.1. The van der Waals surface area contributed by atoms with E-state index < -0.39 is 0 Å². The minimum atomic E-state index is -0.266. The third kappa shape index (κ3) is 5.50. The summed E-state index contributed by atoms with van der Waals surface area (Å²) in [6, 6.07) is 8.29. The molecule has 0 spiro atoms. The van der Waals surface area contributed by atoms with Crippen molar-refractivity contribution in [2.24, 2.45) is 5.92 Å². The summed E-state index contributed by atoms with van der Waals surface area (Å²) in [4.78, 5) is 23.7. The van der Waals surface area contributed by atoms with Crippen LogP contribution in [0.15, 0.2) is 47.3 Å². The Hall–Kier alpha value is -2.76. The molecular weight excluding hydrogens is 294 g/mol. The minimum Gasteiger partial charge on any atom is -0.472 e. The van der Waals surface area contributed by atoms with Crippen LogP contribution in [0.5, 0.6) is 0 Å². The maximum Gasteiger partial charge on any atom is 0.319 e. The summed E-state index contributed by atoms with van der Waals surface area (Å²) in [5, 5.41) is 8.28. The van der Waals surface area contributed by atoms with Crippen molar-refractivity contribution in [3.63, 3.8) is 0 Å². The van der Waals surface area contributed by atoms with Gasteiger partial charge in [0.05, 0.1) is 11.8 Å². The number of benzene rings is 1. The van der Waals surface area contributed by atoms with E-state index >= 15 is 0 Å². The Morgan fingerprint density at radius 3 is 2.52 bits per heavy atom. The largest absolute Gasteiger partial charge is 0.472 e. The predicted octanol–water partition coefficient (Wildman–Crippen LogP) is 3.70. The van der Waals surface area contributed by atoms with E-state index in [2.05, 4.69) is 29.8 Å². The molecule has 0 unspecified atom stereocenters. The number of rotatable bonds is 6. The molecule has 3 amide bonds. The molecule has 23 heavy (non-hydrogen) atoms.